The summed E-state index contributed by atoms with van der Waals surface area (Å²) >= 11 is 0. The average Bonchev–Trinajstić information content (AvgIpc) is 2.70. The quantitative estimate of drug-likeness (QED) is 0.832. The van der Waals surface area contributed by atoms with Gasteiger partial charge in [-0.2, -0.15) is 0 Å². The van der Waals surface area contributed by atoms with Crippen molar-refractivity contribution in [2.24, 2.45) is 0 Å². The van der Waals surface area contributed by atoms with Crippen molar-refractivity contribution >= 4 is 17.6 Å². The summed E-state index contributed by atoms with van der Waals surface area (Å²) in [4.78, 5) is 28.7. The minimum absolute atomic E-state index is 0.246. The largest absolute Gasteiger partial charge is 0.367 e. The standard InChI is InChI=1S/C21H25FN4O2/c1-2-23-21(28)24-20(27)19(16-8-4-3-5-9-16)26-14-12-25(13-15-26)18-11-7-6-10-17(18)22/h3-11,19H,2,12-15H2,1H3,(H2,23,24,27,28). The van der Waals surface area contributed by atoms with E-state index in [0.29, 0.717) is 38.4 Å². The van der Waals surface area contributed by atoms with Crippen LogP contribution in [0.2, 0.25) is 0 Å². The van der Waals surface area contributed by atoms with E-state index in [9.17, 15) is 14.0 Å². The summed E-state index contributed by atoms with van der Waals surface area (Å²) in [5, 5.41) is 5.01. The molecule has 28 heavy (non-hydrogen) atoms. The van der Waals surface area contributed by atoms with Crippen molar-refractivity contribution in [2.45, 2.75) is 13.0 Å². The fourth-order valence-corrected chi connectivity index (χ4v) is 3.48. The van der Waals surface area contributed by atoms with Crippen LogP contribution in [0.15, 0.2) is 54.6 Å². The molecule has 0 spiro atoms. The highest BCUT2D eigenvalue weighted by Gasteiger charge is 2.31. The Kier molecular flexibility index (Phi) is 6.60. The highest BCUT2D eigenvalue weighted by atomic mass is 19.1. The fraction of sp³-hybridized carbons (Fsp3) is 0.333. The number of para-hydroxylation sites is 1. The molecule has 2 aromatic rings. The summed E-state index contributed by atoms with van der Waals surface area (Å²) in [6, 6.07) is 15.0. The number of carbonyl (C=O) groups excluding carboxylic acids is 2. The second kappa shape index (κ2) is 9.32. The summed E-state index contributed by atoms with van der Waals surface area (Å²) in [5.74, 6) is -0.610. The molecular weight excluding hydrogens is 359 g/mol. The molecule has 2 N–H and O–H groups in total. The first-order valence-corrected chi connectivity index (χ1v) is 9.47. The number of nitrogens with zero attached hydrogens (tertiary/aromatic N) is 2. The molecule has 1 atom stereocenters. The molecule has 1 aliphatic heterocycles. The molecule has 6 nitrogen and oxygen atoms in total. The van der Waals surface area contributed by atoms with Gasteiger partial charge in [0.1, 0.15) is 11.9 Å². The van der Waals surface area contributed by atoms with Gasteiger partial charge in [-0.15, -0.1) is 0 Å². The lowest BCUT2D eigenvalue weighted by Gasteiger charge is -2.39. The molecule has 3 rings (SSSR count). The van der Waals surface area contributed by atoms with Crippen LogP contribution in [0.1, 0.15) is 18.5 Å². The van der Waals surface area contributed by atoms with Crippen LogP contribution in [0.3, 0.4) is 0 Å². The third kappa shape index (κ3) is 4.67. The minimum Gasteiger partial charge on any atom is -0.367 e. The van der Waals surface area contributed by atoms with Crippen LogP contribution in [-0.2, 0) is 4.79 Å². The number of halogens is 1. The van der Waals surface area contributed by atoms with Crippen LogP contribution in [-0.4, -0.2) is 49.6 Å². The van der Waals surface area contributed by atoms with Crippen LogP contribution in [0.25, 0.3) is 0 Å². The zero-order valence-electron chi connectivity index (χ0n) is 15.9. The number of urea groups is 1. The van der Waals surface area contributed by atoms with Gasteiger partial charge in [-0.25, -0.2) is 9.18 Å². The first-order chi connectivity index (χ1) is 13.6. The van der Waals surface area contributed by atoms with E-state index in [1.165, 1.54) is 6.07 Å². The fourth-order valence-electron chi connectivity index (χ4n) is 3.48. The summed E-state index contributed by atoms with van der Waals surface area (Å²) in [6.07, 6.45) is 0. The zero-order valence-corrected chi connectivity index (χ0v) is 15.9. The van der Waals surface area contributed by atoms with Crippen molar-refractivity contribution < 1.29 is 14.0 Å². The maximum atomic E-state index is 14.1. The molecule has 2 aromatic carbocycles. The van der Waals surface area contributed by atoms with Crippen molar-refractivity contribution in [1.82, 2.24) is 15.5 Å². The lowest BCUT2D eigenvalue weighted by atomic mass is 10.0. The Hall–Kier alpha value is -2.93. The second-order valence-electron chi connectivity index (χ2n) is 6.64. The molecule has 1 unspecified atom stereocenters. The van der Waals surface area contributed by atoms with Gasteiger partial charge >= 0.3 is 6.03 Å². The number of hydrogen-bond acceptors (Lipinski definition) is 4. The Balaban J connectivity index is 1.74. The van der Waals surface area contributed by atoms with Gasteiger partial charge in [0.15, 0.2) is 0 Å². The van der Waals surface area contributed by atoms with Crippen LogP contribution in [0.5, 0.6) is 0 Å². The molecule has 1 saturated heterocycles. The maximum Gasteiger partial charge on any atom is 0.321 e. The van der Waals surface area contributed by atoms with Crippen LogP contribution >= 0.6 is 0 Å². The molecule has 1 aliphatic rings. The highest BCUT2D eigenvalue weighted by Crippen LogP contribution is 2.25. The molecule has 0 saturated carbocycles. The summed E-state index contributed by atoms with van der Waals surface area (Å²) in [6.45, 7) is 4.59. The first kappa shape index (κ1) is 19.8. The second-order valence-corrected chi connectivity index (χ2v) is 6.64. The number of piperazine rings is 1. The Morgan fingerprint density at radius 1 is 1.00 bits per heavy atom. The van der Waals surface area contributed by atoms with E-state index < -0.39 is 12.1 Å². The van der Waals surface area contributed by atoms with Gasteiger partial charge in [-0.3, -0.25) is 15.0 Å². The lowest BCUT2D eigenvalue weighted by molar-refractivity contribution is -0.125. The number of anilines is 1. The van der Waals surface area contributed by atoms with E-state index >= 15 is 0 Å². The predicted molar refractivity (Wildman–Crippen MR) is 107 cm³/mol. The van der Waals surface area contributed by atoms with Crippen LogP contribution in [0, 0.1) is 5.82 Å². The molecule has 0 radical (unpaired) electrons. The highest BCUT2D eigenvalue weighted by molar-refractivity contribution is 5.97. The number of benzene rings is 2. The van der Waals surface area contributed by atoms with E-state index in [0.717, 1.165) is 5.56 Å². The SMILES string of the molecule is CCNC(=O)NC(=O)C(c1ccccc1)N1CCN(c2ccccc2F)CC1. The van der Waals surface area contributed by atoms with Gasteiger partial charge in [0.05, 0.1) is 5.69 Å². The first-order valence-electron chi connectivity index (χ1n) is 9.47. The lowest BCUT2D eigenvalue weighted by Crippen LogP contribution is -2.52. The Morgan fingerprint density at radius 3 is 2.29 bits per heavy atom. The number of nitrogens with one attached hydrogen (secondary N) is 2. The normalized spacial score (nSPS) is 15.7. The predicted octanol–water partition coefficient (Wildman–Crippen LogP) is 2.53. The van der Waals surface area contributed by atoms with Crippen molar-refractivity contribution in [3.05, 3.63) is 66.0 Å². The topological polar surface area (TPSA) is 64.7 Å². The Bertz CT molecular complexity index is 807. The monoisotopic (exact) mass is 384 g/mol. The third-order valence-electron chi connectivity index (χ3n) is 4.81. The smallest absolute Gasteiger partial charge is 0.321 e. The van der Waals surface area contributed by atoms with Crippen molar-refractivity contribution in [2.75, 3.05) is 37.6 Å². The average molecular weight is 384 g/mol. The van der Waals surface area contributed by atoms with Crippen molar-refractivity contribution in [3.8, 4) is 0 Å². The van der Waals surface area contributed by atoms with Gasteiger partial charge in [-0.1, -0.05) is 42.5 Å². The number of hydrogen-bond donors (Lipinski definition) is 2. The minimum atomic E-state index is -0.577. The summed E-state index contributed by atoms with van der Waals surface area (Å²) in [7, 11) is 0. The summed E-state index contributed by atoms with van der Waals surface area (Å²) < 4.78 is 14.1. The van der Waals surface area contributed by atoms with Gasteiger partial charge in [0, 0.05) is 32.7 Å². The van der Waals surface area contributed by atoms with E-state index in [-0.39, 0.29) is 11.7 Å². The van der Waals surface area contributed by atoms with E-state index in [4.69, 9.17) is 0 Å². The van der Waals surface area contributed by atoms with E-state index in [2.05, 4.69) is 10.6 Å². The molecule has 0 aliphatic carbocycles. The molecule has 148 valence electrons. The summed E-state index contributed by atoms with van der Waals surface area (Å²) in [5.41, 5.74) is 1.40. The van der Waals surface area contributed by atoms with Gasteiger partial charge in [0.2, 0.25) is 5.91 Å². The van der Waals surface area contributed by atoms with Crippen LogP contribution in [0.4, 0.5) is 14.9 Å². The Labute approximate surface area is 164 Å². The van der Waals surface area contributed by atoms with E-state index in [1.807, 2.05) is 46.2 Å². The maximum absolute atomic E-state index is 14.1. The molecule has 3 amide bonds. The van der Waals surface area contributed by atoms with Gasteiger partial charge in [0.25, 0.3) is 0 Å². The number of carbonyl (C=O) groups is 2. The van der Waals surface area contributed by atoms with Crippen molar-refractivity contribution in [3.63, 3.8) is 0 Å². The zero-order chi connectivity index (χ0) is 19.9. The molecule has 0 aromatic heterocycles. The van der Waals surface area contributed by atoms with Crippen molar-refractivity contribution in [1.29, 1.82) is 0 Å². The van der Waals surface area contributed by atoms with Crippen LogP contribution < -0.4 is 15.5 Å². The van der Waals surface area contributed by atoms with Gasteiger partial charge < -0.3 is 10.2 Å². The number of amides is 3. The molecular formula is C21H25FN4O2. The molecule has 7 heteroatoms. The number of imide groups is 1. The molecule has 1 fully saturated rings. The van der Waals surface area contributed by atoms with Gasteiger partial charge in [-0.05, 0) is 24.6 Å². The number of rotatable bonds is 5. The van der Waals surface area contributed by atoms with E-state index in [1.54, 1.807) is 19.1 Å². The molecule has 0 bridgehead atoms. The third-order valence-corrected chi connectivity index (χ3v) is 4.81. The molecule has 1 heterocycles. The Morgan fingerprint density at radius 2 is 1.64 bits per heavy atom.